The van der Waals surface area contributed by atoms with Crippen molar-refractivity contribution in [1.29, 1.82) is 0 Å². The molecule has 2 N–H and O–H groups in total. The molecule has 3 heteroatoms. The summed E-state index contributed by atoms with van der Waals surface area (Å²) in [6.45, 7) is 9.07. The quantitative estimate of drug-likeness (QED) is 0.735. The number of β-amino-alcohol motifs (C(OH)–C–C–N with tert-alkyl or cyclic N) is 1. The van der Waals surface area contributed by atoms with Gasteiger partial charge in [-0.1, -0.05) is 0 Å². The molecule has 15 heavy (non-hydrogen) atoms. The average Bonchev–Trinajstić information content (AvgIpc) is 2.14. The second-order valence-electron chi connectivity index (χ2n) is 5.53. The van der Waals surface area contributed by atoms with Crippen molar-refractivity contribution in [1.82, 2.24) is 10.2 Å². The van der Waals surface area contributed by atoms with E-state index in [0.29, 0.717) is 6.04 Å². The Bertz CT molecular complexity index is 189. The normalized spacial score (nSPS) is 26.6. The Hall–Kier alpha value is -0.120. The van der Waals surface area contributed by atoms with Gasteiger partial charge in [0.2, 0.25) is 0 Å². The van der Waals surface area contributed by atoms with Gasteiger partial charge in [0.05, 0.1) is 5.60 Å². The maximum absolute atomic E-state index is 9.79. The van der Waals surface area contributed by atoms with E-state index in [1.807, 2.05) is 20.9 Å². The molecule has 1 heterocycles. The lowest BCUT2D eigenvalue weighted by Gasteiger charge is -2.38. The molecule has 0 saturated carbocycles. The highest BCUT2D eigenvalue weighted by atomic mass is 16.3. The summed E-state index contributed by atoms with van der Waals surface area (Å²) in [5.74, 6) is 0.728. The zero-order chi connectivity index (χ0) is 11.5. The molecular weight excluding hydrogens is 188 g/mol. The number of hydrogen-bond acceptors (Lipinski definition) is 3. The van der Waals surface area contributed by atoms with Crippen molar-refractivity contribution in [3.63, 3.8) is 0 Å². The van der Waals surface area contributed by atoms with E-state index in [0.717, 1.165) is 25.6 Å². The molecule has 0 aliphatic carbocycles. The number of hydrogen-bond donors (Lipinski definition) is 2. The zero-order valence-electron chi connectivity index (χ0n) is 10.6. The minimum Gasteiger partial charge on any atom is -0.389 e. The predicted octanol–water partition coefficient (Wildman–Crippen LogP) is 1.08. The summed E-state index contributed by atoms with van der Waals surface area (Å²) < 4.78 is 0. The minimum absolute atomic E-state index is 0.565. The molecule has 1 saturated heterocycles. The molecule has 1 aliphatic heterocycles. The Morgan fingerprint density at radius 2 is 2.20 bits per heavy atom. The van der Waals surface area contributed by atoms with Gasteiger partial charge < -0.3 is 15.3 Å². The first kappa shape index (κ1) is 12.9. The molecule has 0 spiro atoms. The monoisotopic (exact) mass is 214 g/mol. The highest BCUT2D eigenvalue weighted by Crippen LogP contribution is 2.21. The van der Waals surface area contributed by atoms with Crippen LogP contribution in [-0.2, 0) is 0 Å². The number of rotatable bonds is 4. The third-order valence-electron chi connectivity index (χ3n) is 3.31. The summed E-state index contributed by atoms with van der Waals surface area (Å²) in [5, 5.41) is 13.1. The number of nitrogens with one attached hydrogen (secondary N) is 1. The average molecular weight is 214 g/mol. The third-order valence-corrected chi connectivity index (χ3v) is 3.31. The van der Waals surface area contributed by atoms with Crippen molar-refractivity contribution in [2.75, 3.05) is 26.7 Å². The summed E-state index contributed by atoms with van der Waals surface area (Å²) in [7, 11) is 2.03. The number of nitrogens with zero attached hydrogens (tertiary/aromatic N) is 1. The minimum atomic E-state index is -0.565. The Kier molecular flexibility index (Phi) is 4.56. The van der Waals surface area contributed by atoms with Crippen LogP contribution in [0.4, 0.5) is 0 Å². The zero-order valence-corrected chi connectivity index (χ0v) is 10.6. The Morgan fingerprint density at radius 1 is 1.53 bits per heavy atom. The van der Waals surface area contributed by atoms with E-state index >= 15 is 0 Å². The lowest BCUT2D eigenvalue weighted by Crippen LogP contribution is -2.47. The molecule has 2 unspecified atom stereocenters. The van der Waals surface area contributed by atoms with Crippen molar-refractivity contribution < 1.29 is 5.11 Å². The van der Waals surface area contributed by atoms with Gasteiger partial charge in [-0.3, -0.25) is 0 Å². The van der Waals surface area contributed by atoms with Crippen LogP contribution in [0, 0.1) is 5.92 Å². The molecule has 90 valence electrons. The molecule has 0 aromatic heterocycles. The van der Waals surface area contributed by atoms with Crippen molar-refractivity contribution in [3.05, 3.63) is 0 Å². The summed E-state index contributed by atoms with van der Waals surface area (Å²) in [4.78, 5) is 2.39. The Morgan fingerprint density at radius 3 is 2.73 bits per heavy atom. The van der Waals surface area contributed by atoms with Crippen LogP contribution in [0.3, 0.4) is 0 Å². The van der Waals surface area contributed by atoms with Crippen LogP contribution in [-0.4, -0.2) is 48.3 Å². The maximum atomic E-state index is 9.79. The Labute approximate surface area is 93.9 Å². The van der Waals surface area contributed by atoms with Gasteiger partial charge in [-0.05, 0) is 53.1 Å². The van der Waals surface area contributed by atoms with Gasteiger partial charge in [0.15, 0.2) is 0 Å². The van der Waals surface area contributed by atoms with Crippen molar-refractivity contribution in [2.45, 2.75) is 45.3 Å². The van der Waals surface area contributed by atoms with Gasteiger partial charge in [0, 0.05) is 19.1 Å². The lowest BCUT2D eigenvalue weighted by molar-refractivity contribution is 0.0187. The van der Waals surface area contributed by atoms with E-state index in [4.69, 9.17) is 0 Å². The van der Waals surface area contributed by atoms with Crippen LogP contribution in [0.1, 0.15) is 33.6 Å². The van der Waals surface area contributed by atoms with E-state index in [9.17, 15) is 5.11 Å². The summed E-state index contributed by atoms with van der Waals surface area (Å²) in [5.41, 5.74) is -0.565. The summed E-state index contributed by atoms with van der Waals surface area (Å²) in [6, 6.07) is 0.578. The first-order valence-electron chi connectivity index (χ1n) is 6.04. The van der Waals surface area contributed by atoms with Gasteiger partial charge in [-0.25, -0.2) is 0 Å². The van der Waals surface area contributed by atoms with Crippen LogP contribution in [0.5, 0.6) is 0 Å². The van der Waals surface area contributed by atoms with E-state index in [-0.39, 0.29) is 0 Å². The van der Waals surface area contributed by atoms with Crippen LogP contribution in [0.15, 0.2) is 0 Å². The molecule has 0 bridgehead atoms. The molecule has 0 aromatic rings. The van der Waals surface area contributed by atoms with Gasteiger partial charge in [-0.15, -0.1) is 0 Å². The fraction of sp³-hybridized carbons (Fsp3) is 1.00. The summed E-state index contributed by atoms with van der Waals surface area (Å²) in [6.07, 6.45) is 2.57. The molecule has 2 atom stereocenters. The second-order valence-corrected chi connectivity index (χ2v) is 5.53. The van der Waals surface area contributed by atoms with Gasteiger partial charge in [0.1, 0.15) is 0 Å². The van der Waals surface area contributed by atoms with E-state index in [2.05, 4.69) is 17.1 Å². The highest BCUT2D eigenvalue weighted by molar-refractivity contribution is 4.82. The molecule has 1 aliphatic rings. The van der Waals surface area contributed by atoms with E-state index < -0.39 is 5.60 Å². The fourth-order valence-electron chi connectivity index (χ4n) is 2.43. The molecule has 1 fully saturated rings. The van der Waals surface area contributed by atoms with Crippen LogP contribution >= 0.6 is 0 Å². The topological polar surface area (TPSA) is 35.5 Å². The third kappa shape index (κ3) is 4.49. The van der Waals surface area contributed by atoms with Crippen molar-refractivity contribution >= 4 is 0 Å². The van der Waals surface area contributed by atoms with Gasteiger partial charge in [0.25, 0.3) is 0 Å². The maximum Gasteiger partial charge on any atom is 0.0718 e. The number of piperidine rings is 1. The van der Waals surface area contributed by atoms with Crippen LogP contribution in [0.25, 0.3) is 0 Å². The standard InChI is InChI=1S/C12H26N2O/c1-10(13-4)11-6-5-7-14(8-11)9-12(2,3)15/h10-11,13,15H,5-9H2,1-4H3. The SMILES string of the molecule is CNC(C)C1CCCN(CC(C)(C)O)C1. The molecule has 1 rings (SSSR count). The molecule has 0 aromatic carbocycles. The highest BCUT2D eigenvalue weighted by Gasteiger charge is 2.26. The fourth-order valence-corrected chi connectivity index (χ4v) is 2.43. The van der Waals surface area contributed by atoms with Gasteiger partial charge in [-0.2, -0.15) is 0 Å². The predicted molar refractivity (Wildman–Crippen MR) is 64.0 cm³/mol. The second kappa shape index (κ2) is 5.28. The first-order chi connectivity index (χ1) is 6.92. The Balaban J connectivity index is 2.42. The number of likely N-dealkylation sites (tertiary alicyclic amines) is 1. The van der Waals surface area contributed by atoms with Crippen molar-refractivity contribution in [3.8, 4) is 0 Å². The molecular formula is C12H26N2O. The molecule has 0 radical (unpaired) electrons. The van der Waals surface area contributed by atoms with Crippen LogP contribution < -0.4 is 5.32 Å². The van der Waals surface area contributed by atoms with E-state index in [1.54, 1.807) is 0 Å². The summed E-state index contributed by atoms with van der Waals surface area (Å²) >= 11 is 0. The molecule has 0 amide bonds. The first-order valence-corrected chi connectivity index (χ1v) is 6.04. The van der Waals surface area contributed by atoms with Crippen LogP contribution in [0.2, 0.25) is 0 Å². The smallest absolute Gasteiger partial charge is 0.0718 e. The largest absolute Gasteiger partial charge is 0.389 e. The van der Waals surface area contributed by atoms with E-state index in [1.165, 1.54) is 12.8 Å². The molecule has 3 nitrogen and oxygen atoms in total. The van der Waals surface area contributed by atoms with Gasteiger partial charge >= 0.3 is 0 Å². The van der Waals surface area contributed by atoms with Crippen molar-refractivity contribution in [2.24, 2.45) is 5.92 Å². The number of aliphatic hydroxyl groups is 1. The lowest BCUT2D eigenvalue weighted by atomic mass is 9.91.